The van der Waals surface area contributed by atoms with Gasteiger partial charge in [-0.2, -0.15) is 5.10 Å². The third kappa shape index (κ3) is 5.61. The summed E-state index contributed by atoms with van der Waals surface area (Å²) in [6.45, 7) is -0.466. The Labute approximate surface area is 168 Å². The molecule has 0 saturated heterocycles. The van der Waals surface area contributed by atoms with Crippen LogP contribution in [0.1, 0.15) is 5.56 Å². The Morgan fingerprint density at radius 2 is 1.86 bits per heavy atom. The fourth-order valence-corrected chi connectivity index (χ4v) is 3.47. The number of sulfonamides is 1. The van der Waals surface area contributed by atoms with Crippen LogP contribution in [0.4, 0.5) is 5.69 Å². The molecule has 0 aliphatic rings. The van der Waals surface area contributed by atoms with Crippen LogP contribution in [0.25, 0.3) is 0 Å². The van der Waals surface area contributed by atoms with Crippen molar-refractivity contribution in [2.75, 3.05) is 31.3 Å². The first-order valence-corrected chi connectivity index (χ1v) is 10.2. The van der Waals surface area contributed by atoms with Gasteiger partial charge in [-0.1, -0.05) is 23.7 Å². The quantitative estimate of drug-likeness (QED) is 0.517. The van der Waals surface area contributed by atoms with Gasteiger partial charge in [-0.15, -0.1) is 0 Å². The van der Waals surface area contributed by atoms with E-state index in [1.54, 1.807) is 36.4 Å². The number of carbonyl (C=O) groups is 1. The summed E-state index contributed by atoms with van der Waals surface area (Å²) in [6, 6.07) is 11.5. The normalized spacial score (nSPS) is 11.3. The summed E-state index contributed by atoms with van der Waals surface area (Å²) < 4.78 is 35.4. The van der Waals surface area contributed by atoms with Crippen LogP contribution < -0.4 is 19.2 Å². The van der Waals surface area contributed by atoms with Gasteiger partial charge in [-0.3, -0.25) is 9.10 Å². The molecule has 1 N–H and O–H groups in total. The monoisotopic (exact) mass is 425 g/mol. The van der Waals surface area contributed by atoms with Crippen molar-refractivity contribution in [1.82, 2.24) is 5.43 Å². The number of halogens is 1. The standard InChI is InChI=1S/C18H20ClN3O5S/c1-26-16-9-8-13(10-17(16)27-2)11-20-21-18(23)12-22(28(3,24)25)15-7-5-4-6-14(15)19/h4-11H,12H2,1-3H3,(H,21,23)/b20-11-. The highest BCUT2D eigenvalue weighted by Gasteiger charge is 2.22. The zero-order chi connectivity index (χ0) is 20.7. The van der Waals surface area contributed by atoms with Crippen LogP contribution >= 0.6 is 11.6 Å². The largest absolute Gasteiger partial charge is 0.493 e. The van der Waals surface area contributed by atoms with Gasteiger partial charge in [0.15, 0.2) is 11.5 Å². The maximum atomic E-state index is 12.2. The number of nitrogens with zero attached hydrogens (tertiary/aromatic N) is 2. The lowest BCUT2D eigenvalue weighted by Gasteiger charge is -2.22. The van der Waals surface area contributed by atoms with Crippen LogP contribution in [0.3, 0.4) is 0 Å². The van der Waals surface area contributed by atoms with Crippen molar-refractivity contribution in [3.8, 4) is 11.5 Å². The molecule has 0 unspecified atom stereocenters. The predicted octanol–water partition coefficient (Wildman–Crippen LogP) is 2.27. The van der Waals surface area contributed by atoms with Gasteiger partial charge in [-0.25, -0.2) is 13.8 Å². The number of hydrogen-bond donors (Lipinski definition) is 1. The Hall–Kier alpha value is -2.78. The molecule has 0 spiro atoms. The molecule has 10 heteroatoms. The smallest absolute Gasteiger partial charge is 0.260 e. The maximum absolute atomic E-state index is 12.2. The Morgan fingerprint density at radius 1 is 1.18 bits per heavy atom. The second-order valence-corrected chi connectivity index (χ2v) is 7.94. The van der Waals surface area contributed by atoms with Crippen molar-refractivity contribution in [3.63, 3.8) is 0 Å². The van der Waals surface area contributed by atoms with E-state index in [-0.39, 0.29) is 10.7 Å². The summed E-state index contributed by atoms with van der Waals surface area (Å²) >= 11 is 6.06. The van der Waals surface area contributed by atoms with Crippen LogP contribution in [-0.4, -0.2) is 47.6 Å². The maximum Gasteiger partial charge on any atom is 0.260 e. The molecule has 0 aromatic heterocycles. The average molecular weight is 426 g/mol. The van der Waals surface area contributed by atoms with E-state index in [9.17, 15) is 13.2 Å². The molecule has 0 atom stereocenters. The average Bonchev–Trinajstić information content (AvgIpc) is 2.65. The number of ether oxygens (including phenoxy) is 2. The topological polar surface area (TPSA) is 97.3 Å². The van der Waals surface area contributed by atoms with E-state index in [2.05, 4.69) is 10.5 Å². The molecule has 0 bridgehead atoms. The van der Waals surface area contributed by atoms with Gasteiger partial charge in [-0.05, 0) is 35.9 Å². The van der Waals surface area contributed by atoms with Crippen LogP contribution in [0.2, 0.25) is 5.02 Å². The van der Waals surface area contributed by atoms with Crippen molar-refractivity contribution in [2.24, 2.45) is 5.10 Å². The molecule has 150 valence electrons. The molecule has 0 aliphatic carbocycles. The Bertz CT molecular complexity index is 979. The van der Waals surface area contributed by atoms with Gasteiger partial charge in [0, 0.05) is 0 Å². The van der Waals surface area contributed by atoms with Gasteiger partial charge < -0.3 is 9.47 Å². The third-order valence-electron chi connectivity index (χ3n) is 3.62. The van der Waals surface area contributed by atoms with E-state index in [0.29, 0.717) is 17.1 Å². The molecule has 28 heavy (non-hydrogen) atoms. The zero-order valence-corrected chi connectivity index (χ0v) is 17.1. The van der Waals surface area contributed by atoms with Crippen molar-refractivity contribution in [2.45, 2.75) is 0 Å². The lowest BCUT2D eigenvalue weighted by Crippen LogP contribution is -2.39. The summed E-state index contributed by atoms with van der Waals surface area (Å²) in [7, 11) is -0.689. The van der Waals surface area contributed by atoms with E-state index < -0.39 is 22.5 Å². The number of hydrazone groups is 1. The fraction of sp³-hybridized carbons (Fsp3) is 0.222. The lowest BCUT2D eigenvalue weighted by atomic mass is 10.2. The summed E-state index contributed by atoms with van der Waals surface area (Å²) in [5.41, 5.74) is 3.17. The number of carbonyl (C=O) groups excluding carboxylic acids is 1. The first-order chi connectivity index (χ1) is 13.3. The number of para-hydroxylation sites is 1. The molecule has 0 saturated carbocycles. The Balaban J connectivity index is 2.10. The number of nitrogens with one attached hydrogen (secondary N) is 1. The molecule has 2 aromatic rings. The van der Waals surface area contributed by atoms with Gasteiger partial charge in [0.1, 0.15) is 6.54 Å². The second kappa shape index (κ2) is 9.43. The lowest BCUT2D eigenvalue weighted by molar-refractivity contribution is -0.119. The van der Waals surface area contributed by atoms with E-state index in [1.165, 1.54) is 26.5 Å². The molecule has 2 aromatic carbocycles. The number of amides is 1. The molecule has 0 heterocycles. The number of benzene rings is 2. The summed E-state index contributed by atoms with van der Waals surface area (Å²) in [6.07, 6.45) is 2.40. The summed E-state index contributed by atoms with van der Waals surface area (Å²) in [5, 5.41) is 4.07. The molecule has 0 radical (unpaired) electrons. The molecule has 0 aliphatic heterocycles. The minimum atomic E-state index is -3.72. The van der Waals surface area contributed by atoms with Crippen LogP contribution in [-0.2, 0) is 14.8 Å². The first-order valence-electron chi connectivity index (χ1n) is 8.02. The van der Waals surface area contributed by atoms with Gasteiger partial charge in [0.25, 0.3) is 5.91 Å². The van der Waals surface area contributed by atoms with Crippen molar-refractivity contribution in [1.29, 1.82) is 0 Å². The third-order valence-corrected chi connectivity index (χ3v) is 5.07. The Kier molecular flexibility index (Phi) is 7.24. The van der Waals surface area contributed by atoms with E-state index >= 15 is 0 Å². The number of rotatable bonds is 8. The van der Waals surface area contributed by atoms with E-state index in [0.717, 1.165) is 10.6 Å². The minimum Gasteiger partial charge on any atom is -0.493 e. The highest BCUT2D eigenvalue weighted by molar-refractivity contribution is 7.92. The molecule has 2 rings (SSSR count). The van der Waals surface area contributed by atoms with Crippen LogP contribution in [0.15, 0.2) is 47.6 Å². The predicted molar refractivity (Wildman–Crippen MR) is 109 cm³/mol. The van der Waals surface area contributed by atoms with Crippen molar-refractivity contribution in [3.05, 3.63) is 53.1 Å². The molecular weight excluding hydrogens is 406 g/mol. The van der Waals surface area contributed by atoms with Crippen LogP contribution in [0.5, 0.6) is 11.5 Å². The van der Waals surface area contributed by atoms with Crippen molar-refractivity contribution >= 4 is 39.4 Å². The molecular formula is C18H20ClN3O5S. The number of anilines is 1. The van der Waals surface area contributed by atoms with E-state index in [1.807, 2.05) is 0 Å². The summed E-state index contributed by atoms with van der Waals surface area (Å²) in [5.74, 6) is 0.453. The Morgan fingerprint density at radius 3 is 2.46 bits per heavy atom. The summed E-state index contributed by atoms with van der Waals surface area (Å²) in [4.78, 5) is 12.2. The second-order valence-electron chi connectivity index (χ2n) is 5.63. The zero-order valence-electron chi connectivity index (χ0n) is 15.5. The van der Waals surface area contributed by atoms with Crippen molar-refractivity contribution < 1.29 is 22.7 Å². The number of hydrogen-bond acceptors (Lipinski definition) is 6. The van der Waals surface area contributed by atoms with Gasteiger partial charge >= 0.3 is 0 Å². The van der Waals surface area contributed by atoms with Gasteiger partial charge in [0.05, 0.1) is 37.4 Å². The molecule has 0 fully saturated rings. The highest BCUT2D eigenvalue weighted by Crippen LogP contribution is 2.27. The first kappa shape index (κ1) is 21.5. The van der Waals surface area contributed by atoms with Gasteiger partial charge in [0.2, 0.25) is 10.0 Å². The number of methoxy groups -OCH3 is 2. The molecule has 1 amide bonds. The highest BCUT2D eigenvalue weighted by atomic mass is 35.5. The minimum absolute atomic E-state index is 0.214. The van der Waals surface area contributed by atoms with E-state index in [4.69, 9.17) is 21.1 Å². The van der Waals surface area contributed by atoms with Crippen LogP contribution in [0, 0.1) is 0 Å². The SMILES string of the molecule is COc1ccc(/C=N\NC(=O)CN(c2ccccc2Cl)S(C)(=O)=O)cc1OC. The fourth-order valence-electron chi connectivity index (χ4n) is 2.31. The molecule has 8 nitrogen and oxygen atoms in total.